The lowest BCUT2D eigenvalue weighted by atomic mass is 9.95. The lowest BCUT2D eigenvalue weighted by Gasteiger charge is -2.23. The van der Waals surface area contributed by atoms with Gasteiger partial charge in [0, 0.05) is 37.9 Å². The van der Waals surface area contributed by atoms with Gasteiger partial charge in [-0.15, -0.1) is 0 Å². The minimum absolute atomic E-state index is 0.156. The summed E-state index contributed by atoms with van der Waals surface area (Å²) in [5.74, 6) is 3.04. The minimum atomic E-state index is -0.522. The van der Waals surface area contributed by atoms with E-state index < -0.39 is 5.63 Å². The van der Waals surface area contributed by atoms with Crippen LogP contribution in [0.5, 0.6) is 0 Å². The van der Waals surface area contributed by atoms with E-state index in [1.54, 1.807) is 4.90 Å². The number of aromatic nitrogens is 3. The number of rotatable bonds is 3. The first-order chi connectivity index (χ1) is 14.1. The fourth-order valence-corrected chi connectivity index (χ4v) is 4.38. The molecule has 1 saturated carbocycles. The number of hydrogen-bond donors (Lipinski definition) is 1. The maximum absolute atomic E-state index is 13.1. The minimum Gasteiger partial charge on any atom is -0.427 e. The number of nitrogens with zero attached hydrogens (tertiary/aromatic N) is 4. The van der Waals surface area contributed by atoms with Crippen molar-refractivity contribution in [1.29, 1.82) is 0 Å². The normalized spacial score (nSPS) is 22.2. The first kappa shape index (κ1) is 18.5. The molecule has 1 saturated heterocycles. The predicted octanol–water partition coefficient (Wildman–Crippen LogP) is 1.58. The van der Waals surface area contributed by atoms with Crippen LogP contribution in [0.15, 0.2) is 15.3 Å². The first-order valence-electron chi connectivity index (χ1n) is 10.7. The molecule has 2 aromatic heterocycles. The van der Waals surface area contributed by atoms with Crippen LogP contribution in [-0.2, 0) is 13.0 Å². The van der Waals surface area contributed by atoms with Gasteiger partial charge in [-0.3, -0.25) is 4.79 Å². The molecule has 2 aromatic rings. The molecule has 0 spiro atoms. The van der Waals surface area contributed by atoms with Gasteiger partial charge in [0.1, 0.15) is 17.1 Å². The van der Waals surface area contributed by atoms with Crippen LogP contribution in [0.4, 0.5) is 0 Å². The van der Waals surface area contributed by atoms with Crippen molar-refractivity contribution in [3.8, 4) is 0 Å². The van der Waals surface area contributed by atoms with E-state index in [0.29, 0.717) is 43.3 Å². The van der Waals surface area contributed by atoms with E-state index in [9.17, 15) is 9.59 Å². The number of aryl methyl sites for hydroxylation is 1. The second-order valence-electron chi connectivity index (χ2n) is 8.46. The van der Waals surface area contributed by atoms with Gasteiger partial charge in [-0.05, 0) is 50.8 Å². The van der Waals surface area contributed by atoms with Crippen molar-refractivity contribution in [2.75, 3.05) is 26.2 Å². The molecule has 8 nitrogen and oxygen atoms in total. The highest BCUT2D eigenvalue weighted by molar-refractivity contribution is 5.95. The molecule has 4 heterocycles. The number of piperidine rings is 1. The summed E-state index contributed by atoms with van der Waals surface area (Å²) in [6, 6.07) is 1.87. The average molecular weight is 397 g/mol. The lowest BCUT2D eigenvalue weighted by Crippen LogP contribution is -2.37. The third-order valence-electron chi connectivity index (χ3n) is 6.26. The van der Waals surface area contributed by atoms with Gasteiger partial charge < -0.3 is 14.6 Å². The van der Waals surface area contributed by atoms with Crippen molar-refractivity contribution >= 4 is 5.91 Å². The fraction of sp³-hybridized carbons (Fsp3) is 0.619. The van der Waals surface area contributed by atoms with E-state index >= 15 is 0 Å². The Hall–Kier alpha value is -2.48. The van der Waals surface area contributed by atoms with E-state index in [-0.39, 0.29) is 17.4 Å². The largest absolute Gasteiger partial charge is 0.427 e. The lowest BCUT2D eigenvalue weighted by molar-refractivity contribution is 0.0752. The summed E-state index contributed by atoms with van der Waals surface area (Å²) in [5.41, 5.74) is 0.332. The molecule has 2 aliphatic heterocycles. The first-order valence-corrected chi connectivity index (χ1v) is 10.7. The van der Waals surface area contributed by atoms with Crippen molar-refractivity contribution in [3.05, 3.63) is 45.0 Å². The smallest absolute Gasteiger partial charge is 0.349 e. The number of fused-ring (bicyclic) bond motifs is 1. The number of carbonyl (C=O) groups is 1. The Balaban J connectivity index is 1.33. The highest BCUT2D eigenvalue weighted by Crippen LogP contribution is 2.38. The van der Waals surface area contributed by atoms with Gasteiger partial charge in [-0.1, -0.05) is 0 Å². The monoisotopic (exact) mass is 397 g/mol. The van der Waals surface area contributed by atoms with Crippen LogP contribution in [0, 0.1) is 6.92 Å². The quantitative estimate of drug-likeness (QED) is 0.845. The molecule has 154 valence electrons. The molecule has 1 unspecified atom stereocenters. The molecule has 0 bridgehead atoms. The third-order valence-corrected chi connectivity index (χ3v) is 6.26. The Morgan fingerprint density at radius 1 is 1.21 bits per heavy atom. The molecular formula is C21H27N5O3. The number of nitrogens with one attached hydrogen (secondary N) is 1. The van der Waals surface area contributed by atoms with E-state index in [1.165, 1.54) is 12.8 Å². The van der Waals surface area contributed by atoms with Crippen LogP contribution < -0.4 is 10.9 Å². The van der Waals surface area contributed by atoms with Gasteiger partial charge in [0.2, 0.25) is 0 Å². The van der Waals surface area contributed by atoms with Crippen molar-refractivity contribution in [2.24, 2.45) is 0 Å². The van der Waals surface area contributed by atoms with E-state index in [4.69, 9.17) is 4.42 Å². The molecule has 29 heavy (non-hydrogen) atoms. The molecule has 1 amide bonds. The maximum Gasteiger partial charge on any atom is 0.349 e. The topological polar surface area (TPSA) is 93.3 Å². The molecule has 5 rings (SSSR count). The zero-order chi connectivity index (χ0) is 20.0. The average Bonchev–Trinajstić information content (AvgIpc) is 3.52. The summed E-state index contributed by atoms with van der Waals surface area (Å²) in [5, 5.41) is 7.96. The Morgan fingerprint density at radius 2 is 2.07 bits per heavy atom. The standard InChI is InChI=1S/C21H27N5O3/c1-13-11-16(15-3-2-7-22-12-15)29-21(28)18(13)20(27)25-8-6-17-23-19(14-4-5-14)24-26(17)10-9-25/h11,14-15,22H,2-10,12H2,1H3. The van der Waals surface area contributed by atoms with Crippen LogP contribution in [-0.4, -0.2) is 51.8 Å². The summed E-state index contributed by atoms with van der Waals surface area (Å²) in [7, 11) is 0. The SMILES string of the molecule is Cc1cc(C2CCCNC2)oc(=O)c1C(=O)N1CCc2nc(C3CC3)nn2CC1. The van der Waals surface area contributed by atoms with Gasteiger partial charge in [-0.25, -0.2) is 14.5 Å². The van der Waals surface area contributed by atoms with Crippen LogP contribution >= 0.6 is 0 Å². The zero-order valence-electron chi connectivity index (χ0n) is 16.8. The van der Waals surface area contributed by atoms with Crippen LogP contribution in [0.2, 0.25) is 0 Å². The summed E-state index contributed by atoms with van der Waals surface area (Å²) in [6.45, 7) is 5.30. The molecule has 0 aromatic carbocycles. The van der Waals surface area contributed by atoms with Gasteiger partial charge in [-0.2, -0.15) is 5.10 Å². The summed E-state index contributed by atoms with van der Waals surface area (Å²) >= 11 is 0. The summed E-state index contributed by atoms with van der Waals surface area (Å²) < 4.78 is 7.52. The summed E-state index contributed by atoms with van der Waals surface area (Å²) in [4.78, 5) is 32.2. The Bertz CT molecular complexity index is 959. The molecule has 0 radical (unpaired) electrons. The number of hydrogen-bond acceptors (Lipinski definition) is 6. The fourth-order valence-electron chi connectivity index (χ4n) is 4.38. The van der Waals surface area contributed by atoms with Crippen molar-refractivity contribution in [2.45, 2.75) is 57.4 Å². The Morgan fingerprint density at radius 3 is 2.79 bits per heavy atom. The van der Waals surface area contributed by atoms with E-state index in [0.717, 1.165) is 37.6 Å². The Labute approximate surface area is 169 Å². The number of amides is 1. The second kappa shape index (κ2) is 7.40. The molecule has 1 atom stereocenters. The molecule has 1 aliphatic carbocycles. The van der Waals surface area contributed by atoms with Gasteiger partial charge in [0.25, 0.3) is 5.91 Å². The van der Waals surface area contributed by atoms with Gasteiger partial charge in [0.05, 0.1) is 6.54 Å². The predicted molar refractivity (Wildman–Crippen MR) is 106 cm³/mol. The van der Waals surface area contributed by atoms with Crippen molar-refractivity contribution in [1.82, 2.24) is 25.0 Å². The van der Waals surface area contributed by atoms with Crippen molar-refractivity contribution in [3.63, 3.8) is 0 Å². The highest BCUT2D eigenvalue weighted by atomic mass is 16.4. The maximum atomic E-state index is 13.1. The molecule has 8 heteroatoms. The van der Waals surface area contributed by atoms with Crippen LogP contribution in [0.25, 0.3) is 0 Å². The second-order valence-corrected chi connectivity index (χ2v) is 8.46. The Kier molecular flexibility index (Phi) is 4.73. The molecule has 1 N–H and O–H groups in total. The van der Waals surface area contributed by atoms with Crippen LogP contribution in [0.1, 0.15) is 70.8 Å². The van der Waals surface area contributed by atoms with E-state index in [2.05, 4.69) is 15.4 Å². The third kappa shape index (κ3) is 3.61. The molecule has 2 fully saturated rings. The van der Waals surface area contributed by atoms with Gasteiger partial charge in [0.15, 0.2) is 5.82 Å². The highest BCUT2D eigenvalue weighted by Gasteiger charge is 2.31. The van der Waals surface area contributed by atoms with Crippen LogP contribution in [0.3, 0.4) is 0 Å². The molecular weight excluding hydrogens is 370 g/mol. The summed E-state index contributed by atoms with van der Waals surface area (Å²) in [6.07, 6.45) is 5.07. The van der Waals surface area contributed by atoms with Gasteiger partial charge >= 0.3 is 5.63 Å². The number of carbonyl (C=O) groups excluding carboxylic acids is 1. The van der Waals surface area contributed by atoms with Crippen molar-refractivity contribution < 1.29 is 9.21 Å². The molecule has 3 aliphatic rings. The zero-order valence-corrected chi connectivity index (χ0v) is 16.8. The van der Waals surface area contributed by atoms with E-state index in [1.807, 2.05) is 17.7 Å².